The number of nitrogens with two attached hydrogens (primary N) is 2. The van der Waals surface area contributed by atoms with Gasteiger partial charge in [-0.1, -0.05) is 6.07 Å². The summed E-state index contributed by atoms with van der Waals surface area (Å²) in [5.74, 6) is -0.489. The monoisotopic (exact) mass is 325 g/mol. The van der Waals surface area contributed by atoms with E-state index >= 15 is 0 Å². The zero-order valence-corrected chi connectivity index (χ0v) is 11.8. The van der Waals surface area contributed by atoms with Crippen LogP contribution in [0, 0.1) is 0 Å². The molecule has 0 saturated heterocycles. The molecule has 2 aromatic rings. The van der Waals surface area contributed by atoms with Gasteiger partial charge in [-0.15, -0.1) is 11.3 Å². The number of benzene rings is 1. The Labute approximate surface area is 117 Å². The fraction of sp³-hybridized carbons (Fsp3) is 0.0833. The molecule has 0 bridgehead atoms. The maximum Gasteiger partial charge on any atom is 0.250 e. The highest BCUT2D eigenvalue weighted by atomic mass is 79.9. The Kier molecular flexibility index (Phi) is 3.88. The highest BCUT2D eigenvalue weighted by Crippen LogP contribution is 2.26. The predicted octanol–water partition coefficient (Wildman–Crippen LogP) is 2.80. The summed E-state index contributed by atoms with van der Waals surface area (Å²) >= 11 is 5.03. The van der Waals surface area contributed by atoms with Gasteiger partial charge in [-0.3, -0.25) is 4.79 Å². The summed E-state index contributed by atoms with van der Waals surface area (Å²) < 4.78 is 1.07. The van der Waals surface area contributed by atoms with Crippen LogP contribution in [0.25, 0.3) is 0 Å². The molecule has 0 radical (unpaired) electrons. The van der Waals surface area contributed by atoms with E-state index in [4.69, 9.17) is 11.5 Å². The molecule has 4 nitrogen and oxygen atoms in total. The fourth-order valence-electron chi connectivity index (χ4n) is 1.60. The number of carbonyl (C=O) groups is 1. The maximum absolute atomic E-state index is 11.3. The zero-order chi connectivity index (χ0) is 13.1. The minimum absolute atomic E-state index is 0.408. The van der Waals surface area contributed by atoms with Crippen LogP contribution in [0.3, 0.4) is 0 Å². The third-order valence-corrected chi connectivity index (χ3v) is 4.05. The summed E-state index contributed by atoms with van der Waals surface area (Å²) in [5, 5.41) is 3.16. The molecule has 0 aliphatic carbocycles. The van der Waals surface area contributed by atoms with E-state index in [1.807, 2.05) is 12.1 Å². The average Bonchev–Trinajstić information content (AvgIpc) is 2.73. The lowest BCUT2D eigenvalue weighted by Gasteiger charge is -2.11. The van der Waals surface area contributed by atoms with E-state index in [2.05, 4.69) is 21.2 Å². The van der Waals surface area contributed by atoms with Gasteiger partial charge in [-0.2, -0.15) is 0 Å². The van der Waals surface area contributed by atoms with E-state index in [-0.39, 0.29) is 0 Å². The molecule has 0 saturated carbocycles. The Hall–Kier alpha value is -1.53. The maximum atomic E-state index is 11.3. The number of amides is 1. The van der Waals surface area contributed by atoms with E-state index in [0.717, 1.165) is 8.66 Å². The van der Waals surface area contributed by atoms with Crippen LogP contribution in [0.15, 0.2) is 34.1 Å². The Morgan fingerprint density at radius 1 is 1.33 bits per heavy atom. The quantitative estimate of drug-likeness (QED) is 0.756. The van der Waals surface area contributed by atoms with Crippen molar-refractivity contribution in [1.29, 1.82) is 0 Å². The van der Waals surface area contributed by atoms with Gasteiger partial charge in [0.2, 0.25) is 0 Å². The summed E-state index contributed by atoms with van der Waals surface area (Å²) in [6, 6.07) is 9.09. The first-order valence-electron chi connectivity index (χ1n) is 5.24. The van der Waals surface area contributed by atoms with Crippen LogP contribution in [0.1, 0.15) is 15.2 Å². The van der Waals surface area contributed by atoms with Crippen molar-refractivity contribution in [2.45, 2.75) is 6.54 Å². The lowest BCUT2D eigenvalue weighted by Crippen LogP contribution is -2.15. The second-order valence-electron chi connectivity index (χ2n) is 3.69. The summed E-state index contributed by atoms with van der Waals surface area (Å²) in [6.07, 6.45) is 0. The number of halogens is 1. The van der Waals surface area contributed by atoms with Crippen molar-refractivity contribution in [3.63, 3.8) is 0 Å². The highest BCUT2D eigenvalue weighted by molar-refractivity contribution is 9.11. The van der Waals surface area contributed by atoms with Gasteiger partial charge in [0, 0.05) is 11.4 Å². The van der Waals surface area contributed by atoms with Crippen LogP contribution in [-0.2, 0) is 6.54 Å². The number of hydrogen-bond donors (Lipinski definition) is 3. The summed E-state index contributed by atoms with van der Waals surface area (Å²) in [7, 11) is 0. The van der Waals surface area contributed by atoms with Crippen LogP contribution in [-0.4, -0.2) is 5.91 Å². The van der Waals surface area contributed by atoms with Gasteiger partial charge in [0.25, 0.3) is 5.91 Å². The van der Waals surface area contributed by atoms with Crippen LogP contribution in [0.2, 0.25) is 0 Å². The minimum Gasteiger partial charge on any atom is -0.397 e. The molecule has 6 heteroatoms. The summed E-state index contributed by atoms with van der Waals surface area (Å²) in [5.41, 5.74) is 12.7. The van der Waals surface area contributed by atoms with Gasteiger partial charge in [0.1, 0.15) is 0 Å². The van der Waals surface area contributed by atoms with Crippen molar-refractivity contribution in [2.75, 3.05) is 11.1 Å². The van der Waals surface area contributed by atoms with Crippen LogP contribution < -0.4 is 16.8 Å². The number of para-hydroxylation sites is 1. The van der Waals surface area contributed by atoms with Crippen molar-refractivity contribution < 1.29 is 4.79 Å². The molecule has 18 heavy (non-hydrogen) atoms. The number of anilines is 2. The Balaban J connectivity index is 2.20. The molecule has 94 valence electrons. The zero-order valence-electron chi connectivity index (χ0n) is 9.44. The first kappa shape index (κ1) is 12.9. The van der Waals surface area contributed by atoms with Gasteiger partial charge < -0.3 is 16.8 Å². The van der Waals surface area contributed by atoms with Crippen molar-refractivity contribution in [1.82, 2.24) is 0 Å². The molecule has 0 unspecified atom stereocenters. The predicted molar refractivity (Wildman–Crippen MR) is 78.7 cm³/mol. The van der Waals surface area contributed by atoms with E-state index < -0.39 is 5.91 Å². The van der Waals surface area contributed by atoms with Crippen molar-refractivity contribution in [3.8, 4) is 0 Å². The Morgan fingerprint density at radius 2 is 2.11 bits per heavy atom. The summed E-state index contributed by atoms with van der Waals surface area (Å²) in [4.78, 5) is 12.5. The number of nitrogen functional groups attached to an aromatic ring is 1. The fourth-order valence-corrected chi connectivity index (χ4v) is 3.02. The van der Waals surface area contributed by atoms with Gasteiger partial charge in [-0.05, 0) is 40.2 Å². The topological polar surface area (TPSA) is 81.1 Å². The standard InChI is InChI=1S/C12H12BrN3OS/c13-10-5-4-7(18-10)6-16-11-8(12(15)17)2-1-3-9(11)14/h1-5,16H,6,14H2,(H2,15,17). The SMILES string of the molecule is NC(=O)c1cccc(N)c1NCc1ccc(Br)s1. The average molecular weight is 326 g/mol. The molecule has 1 heterocycles. The second kappa shape index (κ2) is 5.41. The third-order valence-electron chi connectivity index (χ3n) is 2.43. The van der Waals surface area contributed by atoms with E-state index in [0.29, 0.717) is 23.5 Å². The normalized spacial score (nSPS) is 10.3. The number of thiophene rings is 1. The number of carbonyl (C=O) groups excluding carboxylic acids is 1. The third kappa shape index (κ3) is 2.83. The van der Waals surface area contributed by atoms with Crippen molar-refractivity contribution in [2.24, 2.45) is 5.73 Å². The van der Waals surface area contributed by atoms with Crippen molar-refractivity contribution >= 4 is 44.5 Å². The molecule has 1 aromatic heterocycles. The van der Waals surface area contributed by atoms with Crippen molar-refractivity contribution in [3.05, 3.63) is 44.6 Å². The van der Waals surface area contributed by atoms with E-state index in [1.54, 1.807) is 29.5 Å². The number of rotatable bonds is 4. The Bertz CT molecular complexity index is 582. The molecule has 5 N–H and O–H groups in total. The van der Waals surface area contributed by atoms with Gasteiger partial charge in [0.05, 0.1) is 20.7 Å². The molecular weight excluding hydrogens is 314 g/mol. The van der Waals surface area contributed by atoms with Crippen LogP contribution in [0.5, 0.6) is 0 Å². The van der Waals surface area contributed by atoms with E-state index in [9.17, 15) is 4.79 Å². The highest BCUT2D eigenvalue weighted by Gasteiger charge is 2.10. The largest absolute Gasteiger partial charge is 0.397 e. The molecule has 2 rings (SSSR count). The summed E-state index contributed by atoms with van der Waals surface area (Å²) in [6.45, 7) is 0.602. The molecule has 1 amide bonds. The Morgan fingerprint density at radius 3 is 2.72 bits per heavy atom. The minimum atomic E-state index is -0.489. The number of nitrogens with one attached hydrogen (secondary N) is 1. The number of hydrogen-bond acceptors (Lipinski definition) is 4. The molecule has 0 aliphatic rings. The first-order valence-corrected chi connectivity index (χ1v) is 6.85. The van der Waals surface area contributed by atoms with Gasteiger partial charge in [0.15, 0.2) is 0 Å². The number of primary amides is 1. The molecular formula is C12H12BrN3OS. The second-order valence-corrected chi connectivity index (χ2v) is 6.24. The van der Waals surface area contributed by atoms with E-state index in [1.165, 1.54) is 0 Å². The van der Waals surface area contributed by atoms with Gasteiger partial charge in [-0.25, -0.2) is 0 Å². The lowest BCUT2D eigenvalue weighted by molar-refractivity contribution is 0.100. The van der Waals surface area contributed by atoms with Gasteiger partial charge >= 0.3 is 0 Å². The molecule has 0 spiro atoms. The lowest BCUT2D eigenvalue weighted by atomic mass is 10.1. The molecule has 0 aliphatic heterocycles. The smallest absolute Gasteiger partial charge is 0.250 e. The molecule has 0 fully saturated rings. The van der Waals surface area contributed by atoms with Crippen LogP contribution >= 0.6 is 27.3 Å². The van der Waals surface area contributed by atoms with Crippen LogP contribution in [0.4, 0.5) is 11.4 Å². The first-order chi connectivity index (χ1) is 8.58. The molecule has 0 atom stereocenters. The molecule has 1 aromatic carbocycles.